The molecule has 8 atom stereocenters. The predicted octanol–water partition coefficient (Wildman–Crippen LogP) is 4.21. The zero-order valence-corrected chi connectivity index (χ0v) is 19.3. The summed E-state index contributed by atoms with van der Waals surface area (Å²) in [5.74, 6) is 1.16. The van der Waals surface area contributed by atoms with Crippen molar-refractivity contribution in [1.82, 2.24) is 0 Å². The second-order valence-electron chi connectivity index (χ2n) is 10.6. The number of Topliss-reactive ketones (excluding diaryl/α,β-unsaturated/α-hetero) is 1. The summed E-state index contributed by atoms with van der Waals surface area (Å²) in [5.41, 5.74) is -0.583. The molecule has 168 valence electrons. The Labute approximate surface area is 176 Å². The zero-order chi connectivity index (χ0) is 21.4. The second kappa shape index (κ2) is 8.57. The number of carbonyl (C=O) groups is 1. The molecule has 3 rings (SSSR count). The summed E-state index contributed by atoms with van der Waals surface area (Å²) in [4.78, 5) is 14.0. The van der Waals surface area contributed by atoms with Gasteiger partial charge in [0.2, 0.25) is 0 Å². The third kappa shape index (κ3) is 3.50. The van der Waals surface area contributed by atoms with Crippen LogP contribution in [0.4, 0.5) is 0 Å². The first kappa shape index (κ1) is 23.2. The summed E-state index contributed by atoms with van der Waals surface area (Å²) in [6, 6.07) is 0. The molecule has 0 aromatic heterocycles. The van der Waals surface area contributed by atoms with E-state index in [9.17, 15) is 9.90 Å². The number of aliphatic hydroxyl groups is 1. The average molecular weight is 411 g/mol. The molecule has 0 amide bonds. The van der Waals surface area contributed by atoms with Crippen molar-refractivity contribution in [2.45, 2.75) is 84.8 Å². The van der Waals surface area contributed by atoms with Gasteiger partial charge >= 0.3 is 0 Å². The Kier molecular flexibility index (Phi) is 6.85. The number of ketones is 1. The van der Waals surface area contributed by atoms with Crippen LogP contribution in [0.15, 0.2) is 0 Å². The van der Waals surface area contributed by atoms with E-state index in [4.69, 9.17) is 14.2 Å². The lowest BCUT2D eigenvalue weighted by molar-refractivity contribution is -0.220. The Morgan fingerprint density at radius 1 is 1.14 bits per heavy atom. The lowest BCUT2D eigenvalue weighted by Crippen LogP contribution is -2.63. The number of carbonyl (C=O) groups excluding carboxylic acids is 1. The summed E-state index contributed by atoms with van der Waals surface area (Å²) in [6.07, 6.45) is 6.43. The molecule has 3 aliphatic carbocycles. The summed E-state index contributed by atoms with van der Waals surface area (Å²) in [6.45, 7) is 9.39. The van der Waals surface area contributed by atoms with Crippen molar-refractivity contribution in [3.63, 3.8) is 0 Å². The smallest absolute Gasteiger partial charge is 0.146 e. The van der Waals surface area contributed by atoms with Gasteiger partial charge in [-0.3, -0.25) is 4.79 Å². The van der Waals surface area contributed by atoms with E-state index >= 15 is 0 Å². The molecule has 4 unspecified atom stereocenters. The van der Waals surface area contributed by atoms with Crippen LogP contribution in [0.1, 0.15) is 72.6 Å². The normalized spacial score (nSPS) is 47.6. The minimum Gasteiger partial charge on any atom is -0.396 e. The topological polar surface area (TPSA) is 65.0 Å². The Bertz CT molecular complexity index is 594. The summed E-state index contributed by atoms with van der Waals surface area (Å²) in [7, 11) is 3.49. The molecule has 2 bridgehead atoms. The fraction of sp³-hybridized carbons (Fsp3) is 0.958. The Morgan fingerprint density at radius 2 is 1.83 bits per heavy atom. The van der Waals surface area contributed by atoms with Crippen LogP contribution in [-0.2, 0) is 19.0 Å². The first-order chi connectivity index (χ1) is 13.7. The van der Waals surface area contributed by atoms with Crippen LogP contribution in [0.25, 0.3) is 0 Å². The van der Waals surface area contributed by atoms with E-state index in [1.54, 1.807) is 7.11 Å². The molecule has 29 heavy (non-hydrogen) atoms. The lowest BCUT2D eigenvalue weighted by atomic mass is 9.43. The van der Waals surface area contributed by atoms with E-state index in [0.717, 1.165) is 25.7 Å². The first-order valence-electron chi connectivity index (χ1n) is 11.5. The molecule has 0 aromatic rings. The molecule has 3 aliphatic rings. The van der Waals surface area contributed by atoms with Gasteiger partial charge in [0.1, 0.15) is 12.6 Å². The highest BCUT2D eigenvalue weighted by atomic mass is 16.7. The molecule has 0 aromatic carbocycles. The van der Waals surface area contributed by atoms with Gasteiger partial charge in [-0.05, 0) is 62.2 Å². The number of methoxy groups -OCH3 is 2. The number of hydrogen-bond donors (Lipinski definition) is 1. The largest absolute Gasteiger partial charge is 0.396 e. The number of ether oxygens (including phenoxy) is 3. The quantitative estimate of drug-likeness (QED) is 0.637. The molecule has 1 N–H and O–H groups in total. The van der Waals surface area contributed by atoms with Crippen molar-refractivity contribution in [1.29, 1.82) is 0 Å². The second-order valence-corrected chi connectivity index (χ2v) is 10.6. The van der Waals surface area contributed by atoms with E-state index in [2.05, 4.69) is 27.7 Å². The molecule has 5 heteroatoms. The van der Waals surface area contributed by atoms with Crippen molar-refractivity contribution in [2.75, 3.05) is 27.6 Å². The SMILES string of the molecule is COCOC1C[C@@](C)(CCCO)C(=O)[C@H](C)C23CCC(OC)C2[C@@]1(C)[C@H](C)CC3. The van der Waals surface area contributed by atoms with Crippen LogP contribution in [-0.4, -0.2) is 50.7 Å². The van der Waals surface area contributed by atoms with Crippen LogP contribution >= 0.6 is 0 Å². The Balaban J connectivity index is 2.14. The highest BCUT2D eigenvalue weighted by molar-refractivity contribution is 5.87. The predicted molar refractivity (Wildman–Crippen MR) is 112 cm³/mol. The van der Waals surface area contributed by atoms with Crippen molar-refractivity contribution >= 4 is 5.78 Å². The maximum absolute atomic E-state index is 14.0. The molecular formula is C24H42O5. The Hall–Kier alpha value is -0.490. The number of hydrogen-bond acceptors (Lipinski definition) is 5. The van der Waals surface area contributed by atoms with Crippen molar-refractivity contribution in [2.24, 2.45) is 34.0 Å². The molecule has 3 saturated carbocycles. The van der Waals surface area contributed by atoms with Crippen molar-refractivity contribution < 1.29 is 24.1 Å². The van der Waals surface area contributed by atoms with Gasteiger partial charge in [0.15, 0.2) is 0 Å². The molecule has 0 radical (unpaired) electrons. The molecule has 0 aliphatic heterocycles. The summed E-state index contributed by atoms with van der Waals surface area (Å²) >= 11 is 0. The molecular weight excluding hydrogens is 368 g/mol. The van der Waals surface area contributed by atoms with E-state index in [1.807, 2.05) is 7.11 Å². The fourth-order valence-corrected chi connectivity index (χ4v) is 7.58. The van der Waals surface area contributed by atoms with Crippen LogP contribution in [0.3, 0.4) is 0 Å². The minimum absolute atomic E-state index is 0.00606. The molecule has 0 spiro atoms. The first-order valence-corrected chi connectivity index (χ1v) is 11.5. The zero-order valence-electron chi connectivity index (χ0n) is 19.3. The van der Waals surface area contributed by atoms with Gasteiger partial charge in [0.25, 0.3) is 0 Å². The lowest BCUT2D eigenvalue weighted by Gasteiger charge is -2.62. The number of rotatable bonds is 7. The van der Waals surface area contributed by atoms with Crippen LogP contribution in [0.2, 0.25) is 0 Å². The standard InChI is InChI=1S/C24H42O5/c1-16-8-11-24-12-9-18(28-6)20(24)23(16,4)19(29-15-27-5)14-22(3,10-7-13-25)21(26)17(24)2/h16-20,25H,7-15H2,1-6H3/t16-,17+,18?,19?,20?,22-,23+,24?/m1/s1. The highest BCUT2D eigenvalue weighted by Crippen LogP contribution is 2.68. The highest BCUT2D eigenvalue weighted by Gasteiger charge is 2.68. The maximum Gasteiger partial charge on any atom is 0.146 e. The third-order valence-electron chi connectivity index (χ3n) is 9.42. The number of aliphatic hydroxyl groups excluding tert-OH is 1. The van der Waals surface area contributed by atoms with Crippen molar-refractivity contribution in [3.05, 3.63) is 0 Å². The summed E-state index contributed by atoms with van der Waals surface area (Å²) < 4.78 is 17.8. The van der Waals surface area contributed by atoms with Gasteiger partial charge in [-0.25, -0.2) is 0 Å². The van der Waals surface area contributed by atoms with Crippen LogP contribution in [0, 0.1) is 34.0 Å². The molecule has 0 saturated heterocycles. The molecule has 5 nitrogen and oxygen atoms in total. The van der Waals surface area contributed by atoms with Crippen LogP contribution < -0.4 is 0 Å². The van der Waals surface area contributed by atoms with Crippen molar-refractivity contribution in [3.8, 4) is 0 Å². The van der Waals surface area contributed by atoms with Crippen LogP contribution in [0.5, 0.6) is 0 Å². The van der Waals surface area contributed by atoms with E-state index in [-0.39, 0.29) is 42.4 Å². The van der Waals surface area contributed by atoms with Gasteiger partial charge in [-0.2, -0.15) is 0 Å². The Morgan fingerprint density at radius 3 is 2.45 bits per heavy atom. The fourth-order valence-electron chi connectivity index (χ4n) is 7.58. The van der Waals surface area contributed by atoms with E-state index in [1.165, 1.54) is 0 Å². The maximum atomic E-state index is 14.0. The van der Waals surface area contributed by atoms with Gasteiger partial charge in [0, 0.05) is 37.6 Å². The average Bonchev–Trinajstić information content (AvgIpc) is 3.11. The summed E-state index contributed by atoms with van der Waals surface area (Å²) in [5, 5.41) is 9.49. The van der Waals surface area contributed by atoms with Gasteiger partial charge in [-0.15, -0.1) is 0 Å². The van der Waals surface area contributed by atoms with Gasteiger partial charge in [0.05, 0.1) is 12.2 Å². The van der Waals surface area contributed by atoms with Gasteiger partial charge in [-0.1, -0.05) is 27.7 Å². The third-order valence-corrected chi connectivity index (χ3v) is 9.42. The minimum atomic E-state index is -0.484. The van der Waals surface area contributed by atoms with Gasteiger partial charge < -0.3 is 19.3 Å². The molecule has 0 heterocycles. The van der Waals surface area contributed by atoms with E-state index in [0.29, 0.717) is 36.9 Å². The molecule has 3 fully saturated rings. The van der Waals surface area contributed by atoms with E-state index < -0.39 is 5.41 Å². The monoisotopic (exact) mass is 410 g/mol.